The third-order valence-electron chi connectivity index (χ3n) is 2.84. The van der Waals surface area contributed by atoms with Crippen molar-refractivity contribution in [1.82, 2.24) is 4.90 Å². The number of carbonyl (C=O) groups excluding carboxylic acids is 1. The molecule has 0 radical (unpaired) electrons. The molecule has 1 amide bonds. The number of hydrogen-bond acceptors (Lipinski definition) is 2. The molecular weight excluding hydrogens is 176 g/mol. The van der Waals surface area contributed by atoms with Crippen molar-refractivity contribution in [2.75, 3.05) is 7.05 Å². The van der Waals surface area contributed by atoms with Gasteiger partial charge in [-0.25, -0.2) is 0 Å². The summed E-state index contributed by atoms with van der Waals surface area (Å²) in [5.74, 6) is 0.271. The van der Waals surface area contributed by atoms with E-state index in [2.05, 4.69) is 13.8 Å². The van der Waals surface area contributed by atoms with Crippen molar-refractivity contribution in [3.8, 4) is 0 Å². The van der Waals surface area contributed by atoms with Crippen LogP contribution in [0.4, 0.5) is 0 Å². The standard InChI is InChI=1S/C11H24N2O/c1-6-9(7-2)13(5)11(14)10(12)8(3)4/h8-10H,6-7,12H2,1-5H3. The monoisotopic (exact) mass is 200 g/mol. The van der Waals surface area contributed by atoms with Crippen LogP contribution in [0.25, 0.3) is 0 Å². The SMILES string of the molecule is CCC(CC)N(C)C(=O)C(N)C(C)C. The lowest BCUT2D eigenvalue weighted by molar-refractivity contribution is -0.134. The molecule has 84 valence electrons. The molecule has 0 rings (SSSR count). The molecule has 0 aromatic rings. The summed E-state index contributed by atoms with van der Waals surface area (Å²) in [6.07, 6.45) is 1.98. The van der Waals surface area contributed by atoms with Crippen LogP contribution in [0, 0.1) is 5.92 Å². The minimum absolute atomic E-state index is 0.0636. The van der Waals surface area contributed by atoms with E-state index in [0.29, 0.717) is 6.04 Å². The second kappa shape index (κ2) is 6.02. The predicted octanol–water partition coefficient (Wildman–Crippen LogP) is 1.62. The summed E-state index contributed by atoms with van der Waals surface area (Å²) in [5.41, 5.74) is 5.82. The Labute approximate surface area is 87.6 Å². The zero-order valence-corrected chi connectivity index (χ0v) is 10.1. The Bertz CT molecular complexity index is 176. The lowest BCUT2D eigenvalue weighted by atomic mass is 10.0. The number of likely N-dealkylation sites (N-methyl/N-ethyl adjacent to an activating group) is 1. The molecule has 0 bridgehead atoms. The van der Waals surface area contributed by atoms with Crippen LogP contribution >= 0.6 is 0 Å². The molecule has 0 aromatic heterocycles. The van der Waals surface area contributed by atoms with E-state index < -0.39 is 0 Å². The average molecular weight is 200 g/mol. The van der Waals surface area contributed by atoms with Gasteiger partial charge in [-0.1, -0.05) is 27.7 Å². The van der Waals surface area contributed by atoms with Crippen molar-refractivity contribution in [3.05, 3.63) is 0 Å². The predicted molar refractivity (Wildman–Crippen MR) is 60.0 cm³/mol. The number of nitrogens with zero attached hydrogens (tertiary/aromatic N) is 1. The van der Waals surface area contributed by atoms with Gasteiger partial charge >= 0.3 is 0 Å². The third-order valence-corrected chi connectivity index (χ3v) is 2.84. The molecule has 0 aliphatic rings. The van der Waals surface area contributed by atoms with Crippen LogP contribution in [-0.2, 0) is 4.79 Å². The molecule has 0 aromatic carbocycles. The topological polar surface area (TPSA) is 46.3 Å². The van der Waals surface area contributed by atoms with Crippen LogP contribution in [0.3, 0.4) is 0 Å². The maximum atomic E-state index is 11.8. The Kier molecular flexibility index (Phi) is 5.77. The first-order valence-electron chi connectivity index (χ1n) is 5.47. The van der Waals surface area contributed by atoms with E-state index in [1.165, 1.54) is 0 Å². The molecule has 14 heavy (non-hydrogen) atoms. The van der Waals surface area contributed by atoms with Crippen molar-refractivity contribution in [2.45, 2.75) is 52.6 Å². The van der Waals surface area contributed by atoms with Gasteiger partial charge in [-0.2, -0.15) is 0 Å². The van der Waals surface area contributed by atoms with Crippen LogP contribution in [0.15, 0.2) is 0 Å². The molecule has 0 aliphatic heterocycles. The molecule has 0 fully saturated rings. The van der Waals surface area contributed by atoms with Gasteiger partial charge < -0.3 is 10.6 Å². The molecule has 3 heteroatoms. The van der Waals surface area contributed by atoms with Gasteiger partial charge in [-0.15, -0.1) is 0 Å². The van der Waals surface area contributed by atoms with Crippen molar-refractivity contribution in [2.24, 2.45) is 11.7 Å². The molecule has 3 nitrogen and oxygen atoms in total. The van der Waals surface area contributed by atoms with Gasteiger partial charge in [0.25, 0.3) is 0 Å². The van der Waals surface area contributed by atoms with Crippen LogP contribution in [0.2, 0.25) is 0 Å². The van der Waals surface area contributed by atoms with Gasteiger partial charge in [-0.05, 0) is 18.8 Å². The van der Waals surface area contributed by atoms with Crippen molar-refractivity contribution >= 4 is 5.91 Å². The van der Waals surface area contributed by atoms with E-state index in [1.54, 1.807) is 4.90 Å². The summed E-state index contributed by atoms with van der Waals surface area (Å²) < 4.78 is 0. The summed E-state index contributed by atoms with van der Waals surface area (Å²) in [4.78, 5) is 13.6. The van der Waals surface area contributed by atoms with Gasteiger partial charge in [-0.3, -0.25) is 4.79 Å². The van der Waals surface area contributed by atoms with Gasteiger partial charge in [0.2, 0.25) is 5.91 Å². The second-order valence-corrected chi connectivity index (χ2v) is 4.19. The first kappa shape index (κ1) is 13.4. The number of amides is 1. The molecule has 1 unspecified atom stereocenters. The maximum Gasteiger partial charge on any atom is 0.239 e. The van der Waals surface area contributed by atoms with E-state index in [-0.39, 0.29) is 17.9 Å². The highest BCUT2D eigenvalue weighted by Crippen LogP contribution is 2.10. The molecule has 1 atom stereocenters. The van der Waals surface area contributed by atoms with E-state index in [4.69, 9.17) is 5.73 Å². The summed E-state index contributed by atoms with van der Waals surface area (Å²) >= 11 is 0. The largest absolute Gasteiger partial charge is 0.341 e. The quantitative estimate of drug-likeness (QED) is 0.733. The first-order chi connectivity index (χ1) is 6.45. The smallest absolute Gasteiger partial charge is 0.239 e. The highest BCUT2D eigenvalue weighted by molar-refractivity contribution is 5.81. The fourth-order valence-corrected chi connectivity index (χ4v) is 1.54. The first-order valence-corrected chi connectivity index (χ1v) is 5.47. The van der Waals surface area contributed by atoms with Crippen LogP contribution in [0.5, 0.6) is 0 Å². The summed E-state index contributed by atoms with van der Waals surface area (Å²) in [6.45, 7) is 8.14. The average Bonchev–Trinajstić information content (AvgIpc) is 2.17. The van der Waals surface area contributed by atoms with Gasteiger partial charge in [0.1, 0.15) is 0 Å². The van der Waals surface area contributed by atoms with Crippen LogP contribution < -0.4 is 5.73 Å². The Morgan fingerprint density at radius 1 is 1.29 bits per heavy atom. The second-order valence-electron chi connectivity index (χ2n) is 4.19. The molecule has 0 saturated heterocycles. The van der Waals surface area contributed by atoms with Crippen molar-refractivity contribution in [3.63, 3.8) is 0 Å². The normalized spacial score (nSPS) is 13.4. The highest BCUT2D eigenvalue weighted by Gasteiger charge is 2.24. The zero-order valence-electron chi connectivity index (χ0n) is 10.1. The van der Waals surface area contributed by atoms with Crippen LogP contribution in [0.1, 0.15) is 40.5 Å². The number of rotatable bonds is 5. The highest BCUT2D eigenvalue weighted by atomic mass is 16.2. The van der Waals surface area contributed by atoms with Crippen LogP contribution in [-0.4, -0.2) is 29.9 Å². The zero-order chi connectivity index (χ0) is 11.3. The fraction of sp³-hybridized carbons (Fsp3) is 0.909. The molecule has 2 N–H and O–H groups in total. The van der Waals surface area contributed by atoms with Crippen molar-refractivity contribution in [1.29, 1.82) is 0 Å². The molecule has 0 saturated carbocycles. The molecule has 0 aliphatic carbocycles. The van der Waals surface area contributed by atoms with Gasteiger partial charge in [0.05, 0.1) is 6.04 Å². The number of hydrogen-bond donors (Lipinski definition) is 1. The Morgan fingerprint density at radius 2 is 1.71 bits per heavy atom. The lowest BCUT2D eigenvalue weighted by Gasteiger charge is -2.30. The third kappa shape index (κ3) is 3.29. The number of carbonyl (C=O) groups is 1. The maximum absolute atomic E-state index is 11.8. The van der Waals surface area contributed by atoms with E-state index in [9.17, 15) is 4.79 Å². The Balaban J connectivity index is 4.36. The minimum atomic E-state index is -0.361. The summed E-state index contributed by atoms with van der Waals surface area (Å²) in [7, 11) is 1.85. The summed E-state index contributed by atoms with van der Waals surface area (Å²) in [5, 5.41) is 0. The fourth-order valence-electron chi connectivity index (χ4n) is 1.54. The minimum Gasteiger partial charge on any atom is -0.341 e. The van der Waals surface area contributed by atoms with Crippen molar-refractivity contribution < 1.29 is 4.79 Å². The molecule has 0 spiro atoms. The van der Waals surface area contributed by atoms with E-state index >= 15 is 0 Å². The van der Waals surface area contributed by atoms with E-state index in [1.807, 2.05) is 20.9 Å². The van der Waals surface area contributed by atoms with E-state index in [0.717, 1.165) is 12.8 Å². The Morgan fingerprint density at radius 3 is 2.00 bits per heavy atom. The molecule has 0 heterocycles. The Hall–Kier alpha value is -0.570. The molecular formula is C11H24N2O. The van der Waals surface area contributed by atoms with Gasteiger partial charge in [0, 0.05) is 13.1 Å². The van der Waals surface area contributed by atoms with Gasteiger partial charge in [0.15, 0.2) is 0 Å². The lowest BCUT2D eigenvalue weighted by Crippen LogP contribution is -2.48. The number of nitrogens with two attached hydrogens (primary N) is 1. The summed E-state index contributed by atoms with van der Waals surface area (Å²) in [6, 6.07) is -0.0344.